The molecule has 1 rings (SSSR count). The number of carbonyl (C=O) groups is 1. The number of allylic oxidation sites excluding steroid dienone is 1. The standard InChI is InChI=1S/C16H22O3/c1-12(11-18-4)14-8-6-7-13(9-14)10-16(2,3)15(17)19-5/h6-9,11H,10H2,1-5H3. The van der Waals surface area contributed by atoms with Gasteiger partial charge in [-0.25, -0.2) is 0 Å². The summed E-state index contributed by atoms with van der Waals surface area (Å²) in [4.78, 5) is 11.7. The van der Waals surface area contributed by atoms with Crippen molar-refractivity contribution in [2.75, 3.05) is 14.2 Å². The summed E-state index contributed by atoms with van der Waals surface area (Å²) >= 11 is 0. The predicted molar refractivity (Wildman–Crippen MR) is 76.6 cm³/mol. The smallest absolute Gasteiger partial charge is 0.311 e. The monoisotopic (exact) mass is 262 g/mol. The van der Waals surface area contributed by atoms with Gasteiger partial charge in [0.15, 0.2) is 0 Å². The SMILES string of the molecule is COC=C(C)c1cccc(CC(C)(C)C(=O)OC)c1. The summed E-state index contributed by atoms with van der Waals surface area (Å²) < 4.78 is 9.85. The van der Waals surface area contributed by atoms with E-state index in [9.17, 15) is 4.79 Å². The number of hydrogen-bond acceptors (Lipinski definition) is 3. The van der Waals surface area contributed by atoms with Gasteiger partial charge in [0.2, 0.25) is 0 Å². The minimum atomic E-state index is -0.522. The third-order valence-corrected chi connectivity index (χ3v) is 3.06. The highest BCUT2D eigenvalue weighted by molar-refractivity contribution is 5.76. The average Bonchev–Trinajstić information content (AvgIpc) is 2.37. The molecule has 0 radical (unpaired) electrons. The van der Waals surface area contributed by atoms with Crippen LogP contribution >= 0.6 is 0 Å². The van der Waals surface area contributed by atoms with Crippen molar-refractivity contribution in [2.24, 2.45) is 5.41 Å². The fourth-order valence-corrected chi connectivity index (χ4v) is 2.03. The molecular formula is C16H22O3. The van der Waals surface area contributed by atoms with Gasteiger partial charge in [0, 0.05) is 0 Å². The van der Waals surface area contributed by atoms with Crippen molar-refractivity contribution in [2.45, 2.75) is 27.2 Å². The molecule has 104 valence electrons. The van der Waals surface area contributed by atoms with Gasteiger partial charge >= 0.3 is 5.97 Å². The Labute approximate surface area is 115 Å². The number of carbonyl (C=O) groups excluding carboxylic acids is 1. The Morgan fingerprint density at radius 3 is 2.58 bits per heavy atom. The molecule has 0 aliphatic heterocycles. The average molecular weight is 262 g/mol. The number of benzene rings is 1. The molecule has 0 aromatic heterocycles. The normalized spacial score (nSPS) is 12.2. The van der Waals surface area contributed by atoms with Crippen LogP contribution in [0.1, 0.15) is 31.9 Å². The maximum Gasteiger partial charge on any atom is 0.311 e. The van der Waals surface area contributed by atoms with Crippen LogP contribution in [0.25, 0.3) is 5.57 Å². The maximum atomic E-state index is 11.7. The molecule has 0 amide bonds. The van der Waals surface area contributed by atoms with E-state index >= 15 is 0 Å². The maximum absolute atomic E-state index is 11.7. The van der Waals surface area contributed by atoms with Crippen LogP contribution in [-0.2, 0) is 20.7 Å². The molecule has 0 aliphatic rings. The first kappa shape index (κ1) is 15.3. The van der Waals surface area contributed by atoms with E-state index in [0.29, 0.717) is 6.42 Å². The zero-order chi connectivity index (χ0) is 14.5. The highest BCUT2D eigenvalue weighted by Gasteiger charge is 2.28. The van der Waals surface area contributed by atoms with E-state index in [0.717, 1.165) is 16.7 Å². The molecular weight excluding hydrogens is 240 g/mol. The molecule has 0 saturated carbocycles. The Morgan fingerprint density at radius 1 is 1.32 bits per heavy atom. The van der Waals surface area contributed by atoms with Gasteiger partial charge in [-0.2, -0.15) is 0 Å². The van der Waals surface area contributed by atoms with E-state index in [1.165, 1.54) is 7.11 Å². The molecule has 0 saturated heterocycles. The van der Waals surface area contributed by atoms with Gasteiger partial charge in [-0.1, -0.05) is 24.3 Å². The Hall–Kier alpha value is -1.77. The lowest BCUT2D eigenvalue weighted by atomic mass is 9.85. The molecule has 0 fully saturated rings. The Bertz CT molecular complexity index is 473. The molecule has 1 aromatic carbocycles. The first-order chi connectivity index (χ1) is 8.90. The van der Waals surface area contributed by atoms with E-state index in [-0.39, 0.29) is 5.97 Å². The van der Waals surface area contributed by atoms with Crippen LogP contribution in [-0.4, -0.2) is 20.2 Å². The van der Waals surface area contributed by atoms with Gasteiger partial charge in [0.25, 0.3) is 0 Å². The molecule has 0 atom stereocenters. The summed E-state index contributed by atoms with van der Waals surface area (Å²) in [5.74, 6) is -0.193. The number of esters is 1. The zero-order valence-corrected chi connectivity index (χ0v) is 12.3. The lowest BCUT2D eigenvalue weighted by Crippen LogP contribution is -2.28. The number of methoxy groups -OCH3 is 2. The Balaban J connectivity index is 2.95. The van der Waals surface area contributed by atoms with Crippen molar-refractivity contribution in [3.05, 3.63) is 41.7 Å². The van der Waals surface area contributed by atoms with Crippen LogP contribution in [0.3, 0.4) is 0 Å². The topological polar surface area (TPSA) is 35.5 Å². The van der Waals surface area contributed by atoms with Crippen LogP contribution in [0, 0.1) is 5.41 Å². The number of rotatable bonds is 5. The zero-order valence-electron chi connectivity index (χ0n) is 12.3. The van der Waals surface area contributed by atoms with Crippen molar-refractivity contribution >= 4 is 11.5 Å². The van der Waals surface area contributed by atoms with Crippen molar-refractivity contribution in [3.8, 4) is 0 Å². The van der Waals surface area contributed by atoms with Crippen molar-refractivity contribution < 1.29 is 14.3 Å². The van der Waals surface area contributed by atoms with E-state index < -0.39 is 5.41 Å². The molecule has 0 aliphatic carbocycles. The summed E-state index contributed by atoms with van der Waals surface area (Å²) in [5.41, 5.74) is 2.74. The lowest BCUT2D eigenvalue weighted by molar-refractivity contribution is -0.150. The molecule has 3 nitrogen and oxygen atoms in total. The molecule has 0 bridgehead atoms. The fraction of sp³-hybridized carbons (Fsp3) is 0.438. The quantitative estimate of drug-likeness (QED) is 0.602. The largest absolute Gasteiger partial charge is 0.504 e. The lowest BCUT2D eigenvalue weighted by Gasteiger charge is -2.21. The van der Waals surface area contributed by atoms with Gasteiger partial charge < -0.3 is 9.47 Å². The van der Waals surface area contributed by atoms with Crippen LogP contribution in [0.2, 0.25) is 0 Å². The minimum Gasteiger partial charge on any atom is -0.504 e. The highest BCUT2D eigenvalue weighted by atomic mass is 16.5. The van der Waals surface area contributed by atoms with E-state index in [2.05, 4.69) is 6.07 Å². The van der Waals surface area contributed by atoms with Crippen LogP contribution in [0.5, 0.6) is 0 Å². The summed E-state index contributed by atoms with van der Waals surface area (Å²) in [6, 6.07) is 8.12. The second-order valence-corrected chi connectivity index (χ2v) is 5.29. The summed E-state index contributed by atoms with van der Waals surface area (Å²) in [6.07, 6.45) is 2.36. The molecule has 0 spiro atoms. The van der Waals surface area contributed by atoms with Gasteiger partial charge in [0.1, 0.15) is 0 Å². The molecule has 0 unspecified atom stereocenters. The van der Waals surface area contributed by atoms with Crippen molar-refractivity contribution in [1.29, 1.82) is 0 Å². The summed E-state index contributed by atoms with van der Waals surface area (Å²) in [6.45, 7) is 5.78. The van der Waals surface area contributed by atoms with Crippen LogP contribution in [0.15, 0.2) is 30.5 Å². The first-order valence-corrected chi connectivity index (χ1v) is 6.28. The van der Waals surface area contributed by atoms with Crippen LogP contribution < -0.4 is 0 Å². The van der Waals surface area contributed by atoms with Gasteiger partial charge in [-0.3, -0.25) is 4.79 Å². The number of hydrogen-bond donors (Lipinski definition) is 0. The number of ether oxygens (including phenoxy) is 2. The fourth-order valence-electron chi connectivity index (χ4n) is 2.03. The summed E-state index contributed by atoms with van der Waals surface area (Å²) in [5, 5.41) is 0. The van der Waals surface area contributed by atoms with E-state index in [4.69, 9.17) is 9.47 Å². The molecule has 3 heteroatoms. The van der Waals surface area contributed by atoms with Crippen molar-refractivity contribution in [3.63, 3.8) is 0 Å². The second kappa shape index (κ2) is 6.41. The van der Waals surface area contributed by atoms with Gasteiger partial charge in [0.05, 0.1) is 25.9 Å². The second-order valence-electron chi connectivity index (χ2n) is 5.29. The Kier molecular flexibility index (Phi) is 5.16. The van der Waals surface area contributed by atoms with Gasteiger partial charge in [-0.05, 0) is 43.9 Å². The van der Waals surface area contributed by atoms with E-state index in [1.807, 2.05) is 39.0 Å². The molecule has 19 heavy (non-hydrogen) atoms. The molecule has 1 aromatic rings. The minimum absolute atomic E-state index is 0.193. The molecule has 0 N–H and O–H groups in total. The first-order valence-electron chi connectivity index (χ1n) is 6.28. The third kappa shape index (κ3) is 4.12. The summed E-state index contributed by atoms with van der Waals surface area (Å²) in [7, 11) is 3.06. The van der Waals surface area contributed by atoms with E-state index in [1.54, 1.807) is 13.4 Å². The highest BCUT2D eigenvalue weighted by Crippen LogP contribution is 2.25. The predicted octanol–water partition coefficient (Wildman–Crippen LogP) is 3.44. The third-order valence-electron chi connectivity index (χ3n) is 3.06. The van der Waals surface area contributed by atoms with Crippen molar-refractivity contribution in [1.82, 2.24) is 0 Å². The Morgan fingerprint density at radius 2 is 2.00 bits per heavy atom. The van der Waals surface area contributed by atoms with Crippen LogP contribution in [0.4, 0.5) is 0 Å². The molecule has 0 heterocycles. The van der Waals surface area contributed by atoms with Gasteiger partial charge in [-0.15, -0.1) is 0 Å².